The van der Waals surface area contributed by atoms with E-state index in [1.54, 1.807) is 36.0 Å². The van der Waals surface area contributed by atoms with Crippen LogP contribution in [0.5, 0.6) is 0 Å². The molecule has 1 unspecified atom stereocenters. The van der Waals surface area contributed by atoms with E-state index >= 15 is 0 Å². The van der Waals surface area contributed by atoms with Crippen molar-refractivity contribution in [3.05, 3.63) is 72.8 Å². The number of aryl methyl sites for hydroxylation is 1. The normalized spacial score (nSPS) is 21.4. The maximum atomic E-state index is 12.7. The number of thioether (sulfide) groups is 1. The van der Waals surface area contributed by atoms with Gasteiger partial charge in [-0.3, -0.25) is 4.18 Å². The molecule has 0 amide bonds. The molecule has 0 heterocycles. The van der Waals surface area contributed by atoms with Crippen LogP contribution in [-0.2, 0) is 14.3 Å². The zero-order valence-corrected chi connectivity index (χ0v) is 16.5. The first-order chi connectivity index (χ1) is 12.5. The average Bonchev–Trinajstić information content (AvgIpc) is 3.08. The molecular formula is C21H24O3S2. The van der Waals surface area contributed by atoms with Gasteiger partial charge in [0.25, 0.3) is 10.1 Å². The summed E-state index contributed by atoms with van der Waals surface area (Å²) in [5.41, 5.74) is 1.02. The van der Waals surface area contributed by atoms with Crippen LogP contribution in [0.25, 0.3) is 0 Å². The fourth-order valence-electron chi connectivity index (χ4n) is 3.34. The Balaban J connectivity index is 1.74. The van der Waals surface area contributed by atoms with E-state index in [0.717, 1.165) is 29.7 Å². The van der Waals surface area contributed by atoms with Crippen molar-refractivity contribution in [1.82, 2.24) is 0 Å². The van der Waals surface area contributed by atoms with E-state index in [4.69, 9.17) is 4.18 Å². The lowest BCUT2D eigenvalue weighted by Gasteiger charge is -2.25. The average molecular weight is 389 g/mol. The van der Waals surface area contributed by atoms with Crippen molar-refractivity contribution in [3.63, 3.8) is 0 Å². The predicted octanol–water partition coefficient (Wildman–Crippen LogP) is 5.22. The molecule has 0 aromatic heterocycles. The first-order valence-electron chi connectivity index (χ1n) is 8.84. The van der Waals surface area contributed by atoms with Gasteiger partial charge in [-0.05, 0) is 44.0 Å². The Hall–Kier alpha value is -1.56. The van der Waals surface area contributed by atoms with Gasteiger partial charge in [-0.15, -0.1) is 18.3 Å². The van der Waals surface area contributed by atoms with Crippen LogP contribution in [0.15, 0.2) is 77.0 Å². The Morgan fingerprint density at radius 1 is 1.12 bits per heavy atom. The van der Waals surface area contributed by atoms with Crippen LogP contribution in [0.3, 0.4) is 0 Å². The van der Waals surface area contributed by atoms with Gasteiger partial charge in [0.1, 0.15) is 0 Å². The Morgan fingerprint density at radius 2 is 1.81 bits per heavy atom. The van der Waals surface area contributed by atoms with E-state index in [9.17, 15) is 8.42 Å². The largest absolute Gasteiger partial charge is 0.297 e. The number of benzene rings is 2. The molecule has 2 aromatic carbocycles. The standard InChI is InChI=1S/C21H24O3S2/c1-3-21(25-17-8-5-4-6-9-17)19-10-7-11-20(19)24-26(22,23)18-14-12-16(2)13-15-18/h3-6,8-9,12-15,19-21H,1,7,10-11H2,2H3/t19-,20-,21?/m1/s1. The molecule has 3 nitrogen and oxygen atoms in total. The Kier molecular flexibility index (Phi) is 6.22. The minimum Gasteiger partial charge on any atom is -0.263 e. The highest BCUT2D eigenvalue weighted by atomic mass is 32.2. The minimum atomic E-state index is -3.75. The summed E-state index contributed by atoms with van der Waals surface area (Å²) in [5.74, 6) is 0.137. The van der Waals surface area contributed by atoms with Gasteiger partial charge in [-0.25, -0.2) is 0 Å². The quantitative estimate of drug-likeness (QED) is 0.371. The molecule has 3 rings (SSSR count). The van der Waals surface area contributed by atoms with Crippen molar-refractivity contribution >= 4 is 21.9 Å². The molecule has 0 aliphatic heterocycles. The lowest BCUT2D eigenvalue weighted by atomic mass is 10.0. The molecule has 0 N–H and O–H groups in total. The second-order valence-electron chi connectivity index (χ2n) is 6.63. The summed E-state index contributed by atoms with van der Waals surface area (Å²) in [6.45, 7) is 5.91. The highest BCUT2D eigenvalue weighted by Crippen LogP contribution is 2.40. The summed E-state index contributed by atoms with van der Waals surface area (Å²) in [6.07, 6.45) is 4.29. The van der Waals surface area contributed by atoms with Crippen LogP contribution < -0.4 is 0 Å². The highest BCUT2D eigenvalue weighted by Gasteiger charge is 2.37. The Morgan fingerprint density at radius 3 is 2.46 bits per heavy atom. The summed E-state index contributed by atoms with van der Waals surface area (Å²) in [6, 6.07) is 16.9. The van der Waals surface area contributed by atoms with Crippen LogP contribution in [-0.4, -0.2) is 19.8 Å². The minimum absolute atomic E-state index is 0.123. The molecular weight excluding hydrogens is 364 g/mol. The third-order valence-corrected chi connectivity index (χ3v) is 7.44. The molecule has 1 aliphatic carbocycles. The van der Waals surface area contributed by atoms with Crippen molar-refractivity contribution < 1.29 is 12.6 Å². The second-order valence-corrected chi connectivity index (χ2v) is 9.45. The van der Waals surface area contributed by atoms with Gasteiger partial charge < -0.3 is 0 Å². The molecule has 1 fully saturated rings. The summed E-state index contributed by atoms with van der Waals surface area (Å²) in [5, 5.41) is 0.123. The van der Waals surface area contributed by atoms with Crippen LogP contribution in [0.2, 0.25) is 0 Å². The summed E-state index contributed by atoms with van der Waals surface area (Å²) >= 11 is 1.72. The Labute approximate surface area is 160 Å². The highest BCUT2D eigenvalue weighted by molar-refractivity contribution is 8.00. The van der Waals surface area contributed by atoms with Gasteiger partial charge in [-0.1, -0.05) is 48.4 Å². The first kappa shape index (κ1) is 19.2. The molecule has 0 radical (unpaired) electrons. The fraction of sp³-hybridized carbons (Fsp3) is 0.333. The fourth-order valence-corrected chi connectivity index (χ4v) is 5.70. The van der Waals surface area contributed by atoms with E-state index in [0.29, 0.717) is 0 Å². The SMILES string of the molecule is C=CC(Sc1ccccc1)[C@@H]1CCC[C@H]1OS(=O)(=O)c1ccc(C)cc1. The van der Waals surface area contributed by atoms with E-state index in [2.05, 4.69) is 18.7 Å². The third kappa shape index (κ3) is 4.58. The van der Waals surface area contributed by atoms with Gasteiger partial charge in [0.2, 0.25) is 0 Å². The molecule has 1 aliphatic rings. The zero-order valence-electron chi connectivity index (χ0n) is 14.9. The summed E-state index contributed by atoms with van der Waals surface area (Å²) in [4.78, 5) is 1.38. The van der Waals surface area contributed by atoms with Gasteiger partial charge in [0, 0.05) is 16.1 Å². The van der Waals surface area contributed by atoms with Gasteiger partial charge in [-0.2, -0.15) is 8.42 Å². The van der Waals surface area contributed by atoms with E-state index < -0.39 is 10.1 Å². The van der Waals surface area contributed by atoms with E-state index in [1.165, 1.54) is 0 Å². The van der Waals surface area contributed by atoms with Crippen molar-refractivity contribution in [3.8, 4) is 0 Å². The molecule has 26 heavy (non-hydrogen) atoms. The molecule has 0 bridgehead atoms. The number of hydrogen-bond acceptors (Lipinski definition) is 4. The monoisotopic (exact) mass is 388 g/mol. The van der Waals surface area contributed by atoms with Gasteiger partial charge in [0.05, 0.1) is 11.0 Å². The molecule has 3 atom stereocenters. The Bertz CT molecular complexity index is 829. The van der Waals surface area contributed by atoms with Crippen molar-refractivity contribution in [2.45, 2.75) is 47.3 Å². The molecule has 5 heteroatoms. The molecule has 0 spiro atoms. The molecule has 2 aromatic rings. The first-order valence-corrected chi connectivity index (χ1v) is 11.1. The smallest absolute Gasteiger partial charge is 0.263 e. The van der Waals surface area contributed by atoms with E-state index in [1.807, 2.05) is 31.2 Å². The lowest BCUT2D eigenvalue weighted by Crippen LogP contribution is -2.28. The van der Waals surface area contributed by atoms with Crippen molar-refractivity contribution in [2.75, 3.05) is 0 Å². The third-order valence-electron chi connectivity index (χ3n) is 4.73. The summed E-state index contributed by atoms with van der Waals surface area (Å²) in [7, 11) is -3.75. The molecule has 1 saturated carbocycles. The van der Waals surface area contributed by atoms with Crippen LogP contribution in [0, 0.1) is 12.8 Å². The zero-order chi connectivity index (χ0) is 18.6. The van der Waals surface area contributed by atoms with Gasteiger partial charge >= 0.3 is 0 Å². The molecule has 138 valence electrons. The lowest BCUT2D eigenvalue weighted by molar-refractivity contribution is 0.170. The second kappa shape index (κ2) is 8.42. The van der Waals surface area contributed by atoms with Crippen molar-refractivity contribution in [1.29, 1.82) is 0 Å². The number of rotatable bonds is 7. The van der Waals surface area contributed by atoms with Crippen LogP contribution >= 0.6 is 11.8 Å². The van der Waals surface area contributed by atoms with Crippen molar-refractivity contribution in [2.24, 2.45) is 5.92 Å². The number of hydrogen-bond donors (Lipinski definition) is 0. The van der Waals surface area contributed by atoms with Crippen LogP contribution in [0.1, 0.15) is 24.8 Å². The van der Waals surface area contributed by atoms with Gasteiger partial charge in [0.15, 0.2) is 0 Å². The maximum absolute atomic E-state index is 12.7. The summed E-state index contributed by atoms with van der Waals surface area (Å²) < 4.78 is 31.0. The predicted molar refractivity (Wildman–Crippen MR) is 107 cm³/mol. The maximum Gasteiger partial charge on any atom is 0.297 e. The molecule has 0 saturated heterocycles. The topological polar surface area (TPSA) is 43.4 Å². The van der Waals surface area contributed by atoms with Crippen LogP contribution in [0.4, 0.5) is 0 Å². The van der Waals surface area contributed by atoms with E-state index in [-0.39, 0.29) is 22.2 Å².